The SMILES string of the molecule is CC1CCN(C(=O)c2cnc(Nc3cccc(C(F)(F)F)c3)cn2)CC1. The van der Waals surface area contributed by atoms with Crippen molar-refractivity contribution in [3.8, 4) is 0 Å². The number of piperidine rings is 1. The summed E-state index contributed by atoms with van der Waals surface area (Å²) in [5.41, 5.74) is -0.269. The number of carbonyl (C=O) groups is 1. The number of hydrogen-bond donors (Lipinski definition) is 1. The van der Waals surface area contributed by atoms with Crippen molar-refractivity contribution in [3.63, 3.8) is 0 Å². The Morgan fingerprint density at radius 1 is 1.19 bits per heavy atom. The highest BCUT2D eigenvalue weighted by molar-refractivity contribution is 5.92. The van der Waals surface area contributed by atoms with Gasteiger partial charge in [0.2, 0.25) is 0 Å². The number of alkyl halides is 3. The second-order valence-electron chi connectivity index (χ2n) is 6.47. The van der Waals surface area contributed by atoms with Gasteiger partial charge < -0.3 is 10.2 Å². The predicted octanol–water partition coefficient (Wildman–Crippen LogP) is 4.11. The van der Waals surface area contributed by atoms with Crippen molar-refractivity contribution in [1.82, 2.24) is 14.9 Å². The molecule has 1 aromatic carbocycles. The van der Waals surface area contributed by atoms with Crippen LogP contribution < -0.4 is 5.32 Å². The molecule has 26 heavy (non-hydrogen) atoms. The van der Waals surface area contributed by atoms with E-state index in [0.717, 1.165) is 25.0 Å². The van der Waals surface area contributed by atoms with Gasteiger partial charge in [-0.25, -0.2) is 9.97 Å². The third kappa shape index (κ3) is 4.30. The molecule has 0 saturated carbocycles. The third-order valence-electron chi connectivity index (χ3n) is 4.40. The Labute approximate surface area is 149 Å². The third-order valence-corrected chi connectivity index (χ3v) is 4.40. The monoisotopic (exact) mass is 364 g/mol. The summed E-state index contributed by atoms with van der Waals surface area (Å²) < 4.78 is 38.3. The molecule has 0 bridgehead atoms. The lowest BCUT2D eigenvalue weighted by Gasteiger charge is -2.29. The zero-order valence-electron chi connectivity index (χ0n) is 14.3. The van der Waals surface area contributed by atoms with Gasteiger partial charge in [-0.1, -0.05) is 13.0 Å². The van der Waals surface area contributed by atoms with Crippen LogP contribution in [0.5, 0.6) is 0 Å². The van der Waals surface area contributed by atoms with E-state index in [9.17, 15) is 18.0 Å². The first-order valence-electron chi connectivity index (χ1n) is 8.38. The van der Waals surface area contributed by atoms with E-state index in [0.29, 0.717) is 19.0 Å². The van der Waals surface area contributed by atoms with Crippen LogP contribution in [0.25, 0.3) is 0 Å². The molecule has 1 aliphatic rings. The average Bonchev–Trinajstić information content (AvgIpc) is 2.62. The van der Waals surface area contributed by atoms with Gasteiger partial charge in [-0.05, 0) is 37.0 Å². The number of halogens is 3. The molecular weight excluding hydrogens is 345 g/mol. The molecule has 1 saturated heterocycles. The van der Waals surface area contributed by atoms with Crippen LogP contribution in [0.1, 0.15) is 35.8 Å². The molecular formula is C18H19F3N4O. The zero-order valence-corrected chi connectivity index (χ0v) is 14.3. The molecule has 2 heterocycles. The van der Waals surface area contributed by atoms with Gasteiger partial charge in [-0.2, -0.15) is 13.2 Å². The molecule has 2 aromatic rings. The van der Waals surface area contributed by atoms with Crippen LogP contribution in [0.3, 0.4) is 0 Å². The first-order valence-corrected chi connectivity index (χ1v) is 8.38. The highest BCUT2D eigenvalue weighted by Gasteiger charge is 2.30. The second-order valence-corrected chi connectivity index (χ2v) is 6.47. The van der Waals surface area contributed by atoms with E-state index in [4.69, 9.17) is 0 Å². The van der Waals surface area contributed by atoms with Gasteiger partial charge in [0.1, 0.15) is 11.5 Å². The molecule has 138 valence electrons. The molecule has 1 amide bonds. The van der Waals surface area contributed by atoms with Crippen LogP contribution in [-0.2, 0) is 6.18 Å². The molecule has 0 radical (unpaired) electrons. The van der Waals surface area contributed by atoms with Gasteiger partial charge in [0.05, 0.1) is 18.0 Å². The van der Waals surface area contributed by atoms with Crippen LogP contribution in [-0.4, -0.2) is 33.9 Å². The van der Waals surface area contributed by atoms with E-state index in [-0.39, 0.29) is 23.1 Å². The van der Waals surface area contributed by atoms with Crippen LogP contribution in [0.15, 0.2) is 36.7 Å². The molecule has 1 N–H and O–H groups in total. The number of anilines is 2. The van der Waals surface area contributed by atoms with Crippen LogP contribution in [0.2, 0.25) is 0 Å². The topological polar surface area (TPSA) is 58.1 Å². The Morgan fingerprint density at radius 3 is 2.54 bits per heavy atom. The number of hydrogen-bond acceptors (Lipinski definition) is 4. The number of nitrogens with zero attached hydrogens (tertiary/aromatic N) is 3. The maximum Gasteiger partial charge on any atom is 0.416 e. The molecule has 5 nitrogen and oxygen atoms in total. The highest BCUT2D eigenvalue weighted by atomic mass is 19.4. The van der Waals surface area contributed by atoms with Gasteiger partial charge in [0, 0.05) is 18.8 Å². The smallest absolute Gasteiger partial charge is 0.339 e. The Hall–Kier alpha value is -2.64. The molecule has 0 aliphatic carbocycles. The minimum atomic E-state index is -4.41. The van der Waals surface area contributed by atoms with Crippen molar-refractivity contribution in [2.45, 2.75) is 25.9 Å². The van der Waals surface area contributed by atoms with Crippen LogP contribution in [0, 0.1) is 5.92 Å². The summed E-state index contributed by atoms with van der Waals surface area (Å²) in [4.78, 5) is 22.4. The maximum absolute atomic E-state index is 12.8. The Kier molecular flexibility index (Phi) is 5.11. The maximum atomic E-state index is 12.8. The summed E-state index contributed by atoms with van der Waals surface area (Å²) in [6.45, 7) is 3.56. The van der Waals surface area contributed by atoms with Gasteiger partial charge in [-0.15, -0.1) is 0 Å². The number of rotatable bonds is 3. The molecule has 0 atom stereocenters. The minimum absolute atomic E-state index is 0.171. The number of aromatic nitrogens is 2. The number of carbonyl (C=O) groups excluding carboxylic acids is 1. The summed E-state index contributed by atoms with van der Waals surface area (Å²) >= 11 is 0. The lowest BCUT2D eigenvalue weighted by atomic mass is 9.99. The predicted molar refractivity (Wildman–Crippen MR) is 91.1 cm³/mol. The summed E-state index contributed by atoms with van der Waals surface area (Å²) in [5.74, 6) is 0.715. The molecule has 0 spiro atoms. The standard InChI is InChI=1S/C18H19F3N4O/c1-12-5-7-25(8-6-12)17(26)15-10-23-16(11-22-15)24-14-4-2-3-13(9-14)18(19,20)21/h2-4,9-12H,5-8H2,1H3,(H,23,24). The molecule has 1 fully saturated rings. The van der Waals surface area contributed by atoms with E-state index in [2.05, 4.69) is 22.2 Å². The fraction of sp³-hybridized carbons (Fsp3) is 0.389. The minimum Gasteiger partial charge on any atom is -0.339 e. The zero-order chi connectivity index (χ0) is 18.7. The summed E-state index contributed by atoms with van der Waals surface area (Å²) in [6.07, 6.45) is 0.213. The summed E-state index contributed by atoms with van der Waals surface area (Å²) in [5, 5.41) is 2.77. The molecule has 1 aliphatic heterocycles. The largest absolute Gasteiger partial charge is 0.416 e. The van der Waals surface area contributed by atoms with Crippen LogP contribution >= 0.6 is 0 Å². The fourth-order valence-electron chi connectivity index (χ4n) is 2.80. The lowest BCUT2D eigenvalue weighted by molar-refractivity contribution is -0.137. The van der Waals surface area contributed by atoms with E-state index in [1.54, 1.807) is 4.90 Å². The number of benzene rings is 1. The second kappa shape index (κ2) is 7.31. The Bertz CT molecular complexity index is 769. The van der Waals surface area contributed by atoms with E-state index in [1.165, 1.54) is 24.5 Å². The number of amides is 1. The van der Waals surface area contributed by atoms with Crippen molar-refractivity contribution < 1.29 is 18.0 Å². The molecule has 3 rings (SSSR count). The summed E-state index contributed by atoms with van der Waals surface area (Å²) in [6, 6.07) is 4.81. The van der Waals surface area contributed by atoms with Crippen molar-refractivity contribution in [3.05, 3.63) is 47.9 Å². The highest BCUT2D eigenvalue weighted by Crippen LogP contribution is 2.31. The van der Waals surface area contributed by atoms with Gasteiger partial charge in [-0.3, -0.25) is 4.79 Å². The molecule has 0 unspecified atom stereocenters. The Morgan fingerprint density at radius 2 is 1.92 bits per heavy atom. The molecule has 8 heteroatoms. The number of likely N-dealkylation sites (tertiary alicyclic amines) is 1. The lowest BCUT2D eigenvalue weighted by Crippen LogP contribution is -2.38. The van der Waals surface area contributed by atoms with Gasteiger partial charge in [0.25, 0.3) is 5.91 Å². The van der Waals surface area contributed by atoms with E-state index >= 15 is 0 Å². The Balaban J connectivity index is 1.67. The van der Waals surface area contributed by atoms with Gasteiger partial charge >= 0.3 is 6.18 Å². The van der Waals surface area contributed by atoms with Crippen molar-refractivity contribution >= 4 is 17.4 Å². The first kappa shape index (κ1) is 18.2. The van der Waals surface area contributed by atoms with Crippen molar-refractivity contribution in [2.75, 3.05) is 18.4 Å². The number of nitrogens with one attached hydrogen (secondary N) is 1. The molecule has 1 aromatic heterocycles. The van der Waals surface area contributed by atoms with Crippen molar-refractivity contribution in [2.24, 2.45) is 5.92 Å². The fourth-order valence-corrected chi connectivity index (χ4v) is 2.80. The van der Waals surface area contributed by atoms with E-state index in [1.807, 2.05) is 0 Å². The first-order chi connectivity index (χ1) is 12.3. The quantitative estimate of drug-likeness (QED) is 0.890. The van der Waals surface area contributed by atoms with E-state index < -0.39 is 11.7 Å². The normalized spacial score (nSPS) is 15.8. The average molecular weight is 364 g/mol. The van der Waals surface area contributed by atoms with Gasteiger partial charge in [0.15, 0.2) is 0 Å². The van der Waals surface area contributed by atoms with Crippen molar-refractivity contribution in [1.29, 1.82) is 0 Å². The van der Waals surface area contributed by atoms with Crippen LogP contribution in [0.4, 0.5) is 24.7 Å². The summed E-state index contributed by atoms with van der Waals surface area (Å²) in [7, 11) is 0.